The number of hydrogen-bond acceptors (Lipinski definition) is 1. The molecule has 3 aromatic carbocycles. The number of amides is 1. The first-order valence-electron chi connectivity index (χ1n) is 7.17. The third kappa shape index (κ3) is 2.00. The molecule has 0 unspecified atom stereocenters. The Morgan fingerprint density at radius 3 is 2.43 bits per heavy atom. The number of benzene rings is 3. The molecular formula is C19H15NO. The second-order valence-corrected chi connectivity index (χ2v) is 5.47. The van der Waals surface area contributed by atoms with Crippen LogP contribution < -0.4 is 0 Å². The van der Waals surface area contributed by atoms with Crippen LogP contribution in [0.4, 0.5) is 0 Å². The first kappa shape index (κ1) is 12.2. The highest BCUT2D eigenvalue weighted by molar-refractivity contribution is 6.09. The zero-order chi connectivity index (χ0) is 14.2. The molecule has 0 radical (unpaired) electrons. The van der Waals surface area contributed by atoms with Crippen molar-refractivity contribution in [1.29, 1.82) is 0 Å². The molecule has 0 spiro atoms. The van der Waals surface area contributed by atoms with E-state index < -0.39 is 0 Å². The van der Waals surface area contributed by atoms with Crippen LogP contribution in [0.25, 0.3) is 10.8 Å². The number of hydrogen-bond donors (Lipinski definition) is 0. The monoisotopic (exact) mass is 273 g/mol. The van der Waals surface area contributed by atoms with Gasteiger partial charge in [0, 0.05) is 18.7 Å². The molecule has 3 aromatic rings. The van der Waals surface area contributed by atoms with Crippen molar-refractivity contribution in [3.63, 3.8) is 0 Å². The summed E-state index contributed by atoms with van der Waals surface area (Å²) < 4.78 is 0. The summed E-state index contributed by atoms with van der Waals surface area (Å²) in [5.41, 5.74) is 3.22. The van der Waals surface area contributed by atoms with Crippen molar-refractivity contribution in [2.24, 2.45) is 0 Å². The summed E-state index contributed by atoms with van der Waals surface area (Å²) >= 11 is 0. The summed E-state index contributed by atoms with van der Waals surface area (Å²) in [6, 6.07) is 22.4. The van der Waals surface area contributed by atoms with Crippen LogP contribution in [0.1, 0.15) is 21.5 Å². The minimum atomic E-state index is 0.128. The van der Waals surface area contributed by atoms with E-state index in [2.05, 4.69) is 36.4 Å². The first-order valence-corrected chi connectivity index (χ1v) is 7.17. The van der Waals surface area contributed by atoms with Crippen LogP contribution in [-0.4, -0.2) is 10.8 Å². The quantitative estimate of drug-likeness (QED) is 0.691. The minimum absolute atomic E-state index is 0.128. The van der Waals surface area contributed by atoms with Gasteiger partial charge in [0.2, 0.25) is 0 Å². The van der Waals surface area contributed by atoms with Crippen molar-refractivity contribution in [2.45, 2.75) is 13.1 Å². The van der Waals surface area contributed by atoms with Crippen LogP contribution in [0, 0.1) is 0 Å². The Morgan fingerprint density at radius 2 is 1.62 bits per heavy atom. The molecule has 0 fully saturated rings. The van der Waals surface area contributed by atoms with Gasteiger partial charge in [-0.3, -0.25) is 4.79 Å². The smallest absolute Gasteiger partial charge is 0.255 e. The zero-order valence-electron chi connectivity index (χ0n) is 11.6. The van der Waals surface area contributed by atoms with Crippen molar-refractivity contribution in [3.8, 4) is 0 Å². The molecule has 0 saturated heterocycles. The molecular weight excluding hydrogens is 258 g/mol. The van der Waals surface area contributed by atoms with Crippen molar-refractivity contribution < 1.29 is 4.79 Å². The SMILES string of the molecule is O=C1c2cccc3cccc(c23)CN1Cc1ccccc1. The molecule has 0 N–H and O–H groups in total. The highest BCUT2D eigenvalue weighted by atomic mass is 16.2. The maximum absolute atomic E-state index is 12.7. The molecule has 2 heteroatoms. The van der Waals surface area contributed by atoms with Gasteiger partial charge < -0.3 is 4.90 Å². The van der Waals surface area contributed by atoms with Crippen LogP contribution >= 0.6 is 0 Å². The number of nitrogens with zero attached hydrogens (tertiary/aromatic N) is 1. The molecule has 1 heterocycles. The predicted molar refractivity (Wildman–Crippen MR) is 84.0 cm³/mol. The van der Waals surface area contributed by atoms with Gasteiger partial charge in [-0.05, 0) is 28.0 Å². The fourth-order valence-corrected chi connectivity index (χ4v) is 3.11. The zero-order valence-corrected chi connectivity index (χ0v) is 11.6. The lowest BCUT2D eigenvalue weighted by Crippen LogP contribution is -2.33. The predicted octanol–water partition coefficient (Wildman–Crippen LogP) is 4.00. The van der Waals surface area contributed by atoms with Crippen LogP contribution in [0.3, 0.4) is 0 Å². The summed E-state index contributed by atoms with van der Waals surface area (Å²) in [5.74, 6) is 0.128. The van der Waals surface area contributed by atoms with Crippen LogP contribution in [0.5, 0.6) is 0 Å². The molecule has 4 rings (SSSR count). The van der Waals surface area contributed by atoms with Crippen molar-refractivity contribution >= 4 is 16.7 Å². The largest absolute Gasteiger partial charge is 0.330 e. The lowest BCUT2D eigenvalue weighted by atomic mass is 9.94. The van der Waals surface area contributed by atoms with Gasteiger partial charge in [0.25, 0.3) is 5.91 Å². The van der Waals surface area contributed by atoms with E-state index in [9.17, 15) is 4.79 Å². The van der Waals surface area contributed by atoms with Crippen molar-refractivity contribution in [3.05, 3.63) is 83.4 Å². The number of rotatable bonds is 2. The van der Waals surface area contributed by atoms with Gasteiger partial charge in [0.1, 0.15) is 0 Å². The van der Waals surface area contributed by atoms with Gasteiger partial charge in [-0.2, -0.15) is 0 Å². The van der Waals surface area contributed by atoms with E-state index in [1.807, 2.05) is 35.2 Å². The Kier molecular flexibility index (Phi) is 2.74. The van der Waals surface area contributed by atoms with Gasteiger partial charge in [-0.25, -0.2) is 0 Å². The maximum Gasteiger partial charge on any atom is 0.255 e. The van der Waals surface area contributed by atoms with Crippen molar-refractivity contribution in [1.82, 2.24) is 4.90 Å². The average Bonchev–Trinajstić information content (AvgIpc) is 2.53. The van der Waals surface area contributed by atoms with Crippen molar-refractivity contribution in [2.75, 3.05) is 0 Å². The number of carbonyl (C=O) groups excluding carboxylic acids is 1. The van der Waals surface area contributed by atoms with Gasteiger partial charge in [0.15, 0.2) is 0 Å². The normalized spacial score (nSPS) is 13.7. The molecule has 0 aliphatic carbocycles. The molecule has 21 heavy (non-hydrogen) atoms. The van der Waals surface area contributed by atoms with Crippen LogP contribution in [-0.2, 0) is 13.1 Å². The van der Waals surface area contributed by atoms with E-state index in [1.54, 1.807) is 0 Å². The van der Waals surface area contributed by atoms with Gasteiger partial charge >= 0.3 is 0 Å². The van der Waals surface area contributed by atoms with E-state index >= 15 is 0 Å². The Balaban J connectivity index is 1.77. The molecule has 1 aliphatic rings. The van der Waals surface area contributed by atoms with Gasteiger partial charge in [-0.15, -0.1) is 0 Å². The fourth-order valence-electron chi connectivity index (χ4n) is 3.11. The molecule has 0 aromatic heterocycles. The van der Waals surface area contributed by atoms with Gasteiger partial charge in [0.05, 0.1) is 0 Å². The van der Waals surface area contributed by atoms with E-state index in [0.717, 1.165) is 21.9 Å². The highest BCUT2D eigenvalue weighted by Crippen LogP contribution is 2.30. The Bertz CT molecular complexity index is 818. The second-order valence-electron chi connectivity index (χ2n) is 5.47. The van der Waals surface area contributed by atoms with Crippen LogP contribution in [0.2, 0.25) is 0 Å². The third-order valence-electron chi connectivity index (χ3n) is 4.09. The lowest BCUT2D eigenvalue weighted by molar-refractivity contribution is 0.0724. The fraction of sp³-hybridized carbons (Fsp3) is 0.105. The minimum Gasteiger partial charge on any atom is -0.330 e. The standard InChI is InChI=1S/C19H15NO/c21-19-17-11-5-9-15-8-4-10-16(18(15)17)13-20(19)12-14-6-2-1-3-7-14/h1-11H,12-13H2. The highest BCUT2D eigenvalue weighted by Gasteiger charge is 2.25. The Hall–Kier alpha value is -2.61. The summed E-state index contributed by atoms with van der Waals surface area (Å²) in [4.78, 5) is 14.7. The van der Waals surface area contributed by atoms with E-state index in [4.69, 9.17) is 0 Å². The number of carbonyl (C=O) groups is 1. The Morgan fingerprint density at radius 1 is 0.857 bits per heavy atom. The molecule has 0 bridgehead atoms. The summed E-state index contributed by atoms with van der Waals surface area (Å²) in [7, 11) is 0. The van der Waals surface area contributed by atoms with E-state index in [1.165, 1.54) is 5.56 Å². The molecule has 0 saturated carbocycles. The average molecular weight is 273 g/mol. The topological polar surface area (TPSA) is 20.3 Å². The summed E-state index contributed by atoms with van der Waals surface area (Å²) in [6.45, 7) is 1.34. The van der Waals surface area contributed by atoms with E-state index in [-0.39, 0.29) is 5.91 Å². The molecule has 1 amide bonds. The maximum atomic E-state index is 12.7. The summed E-state index contributed by atoms with van der Waals surface area (Å²) in [5, 5.41) is 2.27. The molecule has 0 atom stereocenters. The molecule has 1 aliphatic heterocycles. The first-order chi connectivity index (χ1) is 10.3. The Labute approximate surface area is 123 Å². The molecule has 2 nitrogen and oxygen atoms in total. The second kappa shape index (κ2) is 4.74. The molecule has 102 valence electrons. The van der Waals surface area contributed by atoms with Gasteiger partial charge in [-0.1, -0.05) is 60.7 Å². The van der Waals surface area contributed by atoms with E-state index in [0.29, 0.717) is 13.1 Å². The lowest BCUT2D eigenvalue weighted by Gasteiger charge is -2.29. The third-order valence-corrected chi connectivity index (χ3v) is 4.09. The van der Waals surface area contributed by atoms with Crippen LogP contribution in [0.15, 0.2) is 66.7 Å². The summed E-state index contributed by atoms with van der Waals surface area (Å²) in [6.07, 6.45) is 0.